The van der Waals surface area contributed by atoms with E-state index in [9.17, 15) is 9.59 Å². The number of carboxylic acids is 1. The Bertz CT molecular complexity index is 467. The van der Waals surface area contributed by atoms with Gasteiger partial charge in [-0.15, -0.1) is 6.58 Å². The van der Waals surface area contributed by atoms with Crippen molar-refractivity contribution in [3.05, 3.63) is 42.5 Å². The quantitative estimate of drug-likeness (QED) is 0.712. The highest BCUT2D eigenvalue weighted by Gasteiger charge is 2.19. The van der Waals surface area contributed by atoms with E-state index in [0.717, 1.165) is 5.56 Å². The molecule has 0 heterocycles. The highest BCUT2D eigenvalue weighted by Crippen LogP contribution is 2.11. The molecule has 0 aliphatic carbocycles. The van der Waals surface area contributed by atoms with Gasteiger partial charge in [-0.05, 0) is 31.9 Å². The molecule has 5 heteroatoms. The predicted octanol–water partition coefficient (Wildman–Crippen LogP) is 1.91. The molecule has 1 unspecified atom stereocenters. The third-order valence-electron chi connectivity index (χ3n) is 2.68. The van der Waals surface area contributed by atoms with Crippen molar-refractivity contribution in [2.75, 3.05) is 6.61 Å². The van der Waals surface area contributed by atoms with Crippen LogP contribution in [0.25, 0.3) is 0 Å². The summed E-state index contributed by atoms with van der Waals surface area (Å²) < 4.78 is 5.28. The minimum Gasteiger partial charge on any atom is -0.484 e. The third kappa shape index (κ3) is 5.56. The maximum atomic E-state index is 11.6. The Morgan fingerprint density at radius 1 is 1.40 bits per heavy atom. The summed E-state index contributed by atoms with van der Waals surface area (Å²) in [5.41, 5.74) is 1.09. The molecule has 5 nitrogen and oxygen atoms in total. The second-order valence-corrected chi connectivity index (χ2v) is 4.43. The van der Waals surface area contributed by atoms with Gasteiger partial charge in [-0.3, -0.25) is 4.79 Å². The van der Waals surface area contributed by atoms with Crippen LogP contribution in [0.2, 0.25) is 0 Å². The first kappa shape index (κ1) is 15.8. The molecule has 1 amide bonds. The number of aryl methyl sites for hydroxylation is 1. The van der Waals surface area contributed by atoms with Crippen LogP contribution in [0.3, 0.4) is 0 Å². The van der Waals surface area contributed by atoms with Gasteiger partial charge in [0.1, 0.15) is 11.8 Å². The SMILES string of the molecule is C=CCCC(NC(=O)COc1ccc(C)cc1)C(=O)O. The zero-order chi connectivity index (χ0) is 15.0. The lowest BCUT2D eigenvalue weighted by Gasteiger charge is -2.14. The molecule has 0 aliphatic heterocycles. The van der Waals surface area contributed by atoms with Gasteiger partial charge in [-0.1, -0.05) is 23.8 Å². The van der Waals surface area contributed by atoms with Gasteiger partial charge < -0.3 is 15.2 Å². The average Bonchev–Trinajstić information content (AvgIpc) is 2.42. The van der Waals surface area contributed by atoms with Gasteiger partial charge in [0, 0.05) is 0 Å². The topological polar surface area (TPSA) is 75.6 Å². The van der Waals surface area contributed by atoms with Crippen molar-refractivity contribution < 1.29 is 19.4 Å². The minimum absolute atomic E-state index is 0.207. The van der Waals surface area contributed by atoms with E-state index >= 15 is 0 Å². The molecule has 2 N–H and O–H groups in total. The van der Waals surface area contributed by atoms with Crippen molar-refractivity contribution >= 4 is 11.9 Å². The van der Waals surface area contributed by atoms with Gasteiger partial charge in [-0.25, -0.2) is 4.79 Å². The number of aliphatic carboxylic acids is 1. The van der Waals surface area contributed by atoms with E-state index in [1.54, 1.807) is 18.2 Å². The lowest BCUT2D eigenvalue weighted by molar-refractivity contribution is -0.142. The number of benzene rings is 1. The van der Waals surface area contributed by atoms with Gasteiger partial charge >= 0.3 is 5.97 Å². The molecule has 1 rings (SSSR count). The van der Waals surface area contributed by atoms with Gasteiger partial charge in [0.2, 0.25) is 0 Å². The van der Waals surface area contributed by atoms with Crippen LogP contribution in [-0.4, -0.2) is 29.6 Å². The molecule has 0 spiro atoms. The van der Waals surface area contributed by atoms with Crippen LogP contribution in [0, 0.1) is 6.92 Å². The smallest absolute Gasteiger partial charge is 0.326 e. The van der Waals surface area contributed by atoms with Crippen LogP contribution in [0.1, 0.15) is 18.4 Å². The van der Waals surface area contributed by atoms with Crippen molar-refractivity contribution in [1.82, 2.24) is 5.32 Å². The molecule has 0 fully saturated rings. The first-order valence-corrected chi connectivity index (χ1v) is 6.35. The molecule has 0 radical (unpaired) electrons. The molecule has 0 aromatic heterocycles. The van der Waals surface area contributed by atoms with Crippen molar-refractivity contribution in [2.24, 2.45) is 0 Å². The monoisotopic (exact) mass is 277 g/mol. The first-order chi connectivity index (χ1) is 9.52. The van der Waals surface area contributed by atoms with E-state index in [0.29, 0.717) is 18.6 Å². The Balaban J connectivity index is 2.43. The summed E-state index contributed by atoms with van der Waals surface area (Å²) in [5, 5.41) is 11.4. The summed E-state index contributed by atoms with van der Waals surface area (Å²) in [6.45, 7) is 5.27. The molecule has 0 aliphatic rings. The van der Waals surface area contributed by atoms with E-state index < -0.39 is 17.9 Å². The molecule has 20 heavy (non-hydrogen) atoms. The predicted molar refractivity (Wildman–Crippen MR) is 75.7 cm³/mol. The lowest BCUT2D eigenvalue weighted by atomic mass is 10.1. The Labute approximate surface area is 118 Å². The van der Waals surface area contributed by atoms with Crippen molar-refractivity contribution in [2.45, 2.75) is 25.8 Å². The normalized spacial score (nSPS) is 11.4. The number of ether oxygens (including phenoxy) is 1. The lowest BCUT2D eigenvalue weighted by Crippen LogP contribution is -2.42. The van der Waals surface area contributed by atoms with Crippen LogP contribution < -0.4 is 10.1 Å². The first-order valence-electron chi connectivity index (χ1n) is 6.35. The van der Waals surface area contributed by atoms with Gasteiger partial charge in [0.15, 0.2) is 6.61 Å². The summed E-state index contributed by atoms with van der Waals surface area (Å²) in [6.07, 6.45) is 2.45. The fourth-order valence-electron chi connectivity index (χ4n) is 1.56. The number of carboxylic acid groups (broad SMARTS) is 1. The number of allylic oxidation sites excluding steroid dienone is 1. The second-order valence-electron chi connectivity index (χ2n) is 4.43. The van der Waals surface area contributed by atoms with Crippen LogP contribution in [0.5, 0.6) is 5.75 Å². The summed E-state index contributed by atoms with van der Waals surface area (Å²) >= 11 is 0. The number of rotatable bonds is 8. The minimum atomic E-state index is -1.06. The van der Waals surface area contributed by atoms with Gasteiger partial charge in [0.25, 0.3) is 5.91 Å². The summed E-state index contributed by atoms with van der Waals surface area (Å²) in [4.78, 5) is 22.6. The molecule has 0 saturated carbocycles. The molecule has 1 atom stereocenters. The Kier molecular flexibility index (Phi) is 6.29. The zero-order valence-corrected chi connectivity index (χ0v) is 11.5. The highest BCUT2D eigenvalue weighted by molar-refractivity contribution is 5.84. The number of carbonyl (C=O) groups is 2. The van der Waals surface area contributed by atoms with E-state index in [1.165, 1.54) is 0 Å². The number of carbonyl (C=O) groups excluding carboxylic acids is 1. The maximum Gasteiger partial charge on any atom is 0.326 e. The molecule has 108 valence electrons. The van der Waals surface area contributed by atoms with Gasteiger partial charge in [0.05, 0.1) is 0 Å². The van der Waals surface area contributed by atoms with Crippen LogP contribution in [0.15, 0.2) is 36.9 Å². The summed E-state index contributed by atoms with van der Waals surface area (Å²) in [7, 11) is 0. The summed E-state index contributed by atoms with van der Waals surface area (Å²) in [5.74, 6) is -0.943. The Hall–Kier alpha value is -2.30. The van der Waals surface area contributed by atoms with Crippen molar-refractivity contribution in [3.8, 4) is 5.75 Å². The van der Waals surface area contributed by atoms with E-state index in [4.69, 9.17) is 9.84 Å². The molecule has 0 saturated heterocycles. The zero-order valence-electron chi connectivity index (χ0n) is 11.5. The Morgan fingerprint density at radius 3 is 2.60 bits per heavy atom. The fraction of sp³-hybridized carbons (Fsp3) is 0.333. The van der Waals surface area contributed by atoms with Crippen LogP contribution in [0.4, 0.5) is 0 Å². The van der Waals surface area contributed by atoms with E-state index in [2.05, 4.69) is 11.9 Å². The maximum absolute atomic E-state index is 11.6. The van der Waals surface area contributed by atoms with E-state index in [1.807, 2.05) is 19.1 Å². The standard InChI is InChI=1S/C15H19NO4/c1-3-4-5-13(15(18)19)16-14(17)10-20-12-8-6-11(2)7-9-12/h3,6-9,13H,1,4-5,10H2,2H3,(H,16,17)(H,18,19). The number of nitrogens with one attached hydrogen (secondary N) is 1. The summed E-state index contributed by atoms with van der Waals surface area (Å²) in [6, 6.07) is 6.35. The highest BCUT2D eigenvalue weighted by atomic mass is 16.5. The van der Waals surface area contributed by atoms with Crippen molar-refractivity contribution in [3.63, 3.8) is 0 Å². The molecular weight excluding hydrogens is 258 g/mol. The number of hydrogen-bond donors (Lipinski definition) is 2. The average molecular weight is 277 g/mol. The number of amides is 1. The molecule has 0 bridgehead atoms. The van der Waals surface area contributed by atoms with Crippen molar-refractivity contribution in [1.29, 1.82) is 0 Å². The largest absolute Gasteiger partial charge is 0.484 e. The third-order valence-corrected chi connectivity index (χ3v) is 2.68. The van der Waals surface area contributed by atoms with E-state index in [-0.39, 0.29) is 6.61 Å². The fourth-order valence-corrected chi connectivity index (χ4v) is 1.56. The number of hydrogen-bond acceptors (Lipinski definition) is 3. The van der Waals surface area contributed by atoms with Crippen LogP contribution >= 0.6 is 0 Å². The molecular formula is C15H19NO4. The Morgan fingerprint density at radius 2 is 2.05 bits per heavy atom. The second kappa shape index (κ2) is 7.99. The molecule has 1 aromatic rings. The van der Waals surface area contributed by atoms with Crippen LogP contribution in [-0.2, 0) is 9.59 Å². The van der Waals surface area contributed by atoms with Gasteiger partial charge in [-0.2, -0.15) is 0 Å². The molecule has 1 aromatic carbocycles.